The molecular formula is C9H3Cl2N3. The van der Waals surface area contributed by atoms with Crippen LogP contribution in [0.5, 0.6) is 0 Å². The van der Waals surface area contributed by atoms with Gasteiger partial charge in [0.2, 0.25) is 0 Å². The molecule has 0 bridgehead atoms. The van der Waals surface area contributed by atoms with Gasteiger partial charge in [-0.15, -0.1) is 0 Å². The first-order chi connectivity index (χ1) is 6.72. The van der Waals surface area contributed by atoms with E-state index < -0.39 is 0 Å². The summed E-state index contributed by atoms with van der Waals surface area (Å²) in [5, 5.41) is 9.47. The number of nitriles is 1. The third-order valence-corrected chi connectivity index (χ3v) is 2.24. The van der Waals surface area contributed by atoms with Crippen LogP contribution in [0.1, 0.15) is 5.56 Å². The van der Waals surface area contributed by atoms with E-state index >= 15 is 0 Å². The Labute approximate surface area is 89.9 Å². The van der Waals surface area contributed by atoms with E-state index in [1.54, 1.807) is 12.1 Å². The molecule has 1 heterocycles. The van der Waals surface area contributed by atoms with Crippen LogP contribution in [0.15, 0.2) is 18.3 Å². The minimum Gasteiger partial charge on any atom is -0.251 e. The van der Waals surface area contributed by atoms with Gasteiger partial charge in [-0.3, -0.25) is 4.98 Å². The van der Waals surface area contributed by atoms with Gasteiger partial charge in [0.1, 0.15) is 16.7 Å². The van der Waals surface area contributed by atoms with Crippen LogP contribution in [-0.2, 0) is 0 Å². The molecule has 0 spiro atoms. The molecule has 0 N–H and O–H groups in total. The molecule has 14 heavy (non-hydrogen) atoms. The van der Waals surface area contributed by atoms with Gasteiger partial charge in [-0.1, -0.05) is 23.2 Å². The Hall–Kier alpha value is -1.37. The fourth-order valence-corrected chi connectivity index (χ4v) is 1.47. The van der Waals surface area contributed by atoms with E-state index in [-0.39, 0.29) is 5.15 Å². The Balaban J connectivity index is 2.93. The van der Waals surface area contributed by atoms with Crippen LogP contribution >= 0.6 is 23.2 Å². The molecule has 5 heteroatoms. The summed E-state index contributed by atoms with van der Waals surface area (Å²) < 4.78 is 0. The lowest BCUT2D eigenvalue weighted by Gasteiger charge is -2.00. The SMILES string of the molecule is N#Cc1c(Cl)ccc2ncc(Cl)nc12. The average Bonchev–Trinajstić information content (AvgIpc) is 2.17. The number of nitrogens with zero attached hydrogens (tertiary/aromatic N) is 3. The topological polar surface area (TPSA) is 49.6 Å². The molecule has 2 rings (SSSR count). The zero-order valence-corrected chi connectivity index (χ0v) is 8.34. The van der Waals surface area contributed by atoms with Crippen molar-refractivity contribution in [3.8, 4) is 6.07 Å². The second-order valence-corrected chi connectivity index (χ2v) is 3.39. The summed E-state index contributed by atoms with van der Waals surface area (Å²) in [6.45, 7) is 0. The van der Waals surface area contributed by atoms with Gasteiger partial charge in [0.15, 0.2) is 0 Å². The lowest BCUT2D eigenvalue weighted by Crippen LogP contribution is -1.88. The molecule has 0 aliphatic carbocycles. The maximum absolute atomic E-state index is 8.86. The molecule has 1 aromatic carbocycles. The van der Waals surface area contributed by atoms with Gasteiger partial charge in [0.25, 0.3) is 0 Å². The normalized spacial score (nSPS) is 10.1. The molecule has 3 nitrogen and oxygen atoms in total. The van der Waals surface area contributed by atoms with Crippen molar-refractivity contribution < 1.29 is 0 Å². The number of benzene rings is 1. The molecule has 2 aromatic rings. The molecule has 0 amide bonds. The van der Waals surface area contributed by atoms with Gasteiger partial charge >= 0.3 is 0 Å². The third kappa shape index (κ3) is 1.39. The van der Waals surface area contributed by atoms with Crippen LogP contribution < -0.4 is 0 Å². The quantitative estimate of drug-likeness (QED) is 0.691. The second-order valence-electron chi connectivity index (χ2n) is 2.59. The van der Waals surface area contributed by atoms with Gasteiger partial charge in [-0.25, -0.2) is 4.98 Å². The number of hydrogen-bond acceptors (Lipinski definition) is 3. The van der Waals surface area contributed by atoms with Crippen LogP contribution in [0.25, 0.3) is 11.0 Å². The summed E-state index contributed by atoms with van der Waals surface area (Å²) in [6.07, 6.45) is 1.43. The van der Waals surface area contributed by atoms with Crippen molar-refractivity contribution in [2.75, 3.05) is 0 Å². The van der Waals surface area contributed by atoms with E-state index in [9.17, 15) is 0 Å². The van der Waals surface area contributed by atoms with Crippen molar-refractivity contribution in [1.82, 2.24) is 9.97 Å². The highest BCUT2D eigenvalue weighted by atomic mass is 35.5. The summed E-state index contributed by atoms with van der Waals surface area (Å²) in [5.41, 5.74) is 1.35. The van der Waals surface area contributed by atoms with Crippen LogP contribution in [-0.4, -0.2) is 9.97 Å². The zero-order valence-electron chi connectivity index (χ0n) is 6.83. The maximum atomic E-state index is 8.86. The van der Waals surface area contributed by atoms with Crippen molar-refractivity contribution in [2.24, 2.45) is 0 Å². The standard InChI is InChI=1S/C9H3Cl2N3/c10-6-1-2-7-9(5(6)3-12)14-8(11)4-13-7/h1-2,4H. The molecular weight excluding hydrogens is 221 g/mol. The van der Waals surface area contributed by atoms with Gasteiger partial charge in [-0.2, -0.15) is 5.26 Å². The van der Waals surface area contributed by atoms with Crippen molar-refractivity contribution in [1.29, 1.82) is 5.26 Å². The minimum absolute atomic E-state index is 0.247. The molecule has 0 saturated carbocycles. The molecule has 68 valence electrons. The van der Waals surface area contributed by atoms with Crippen molar-refractivity contribution in [3.63, 3.8) is 0 Å². The van der Waals surface area contributed by atoms with Crippen LogP contribution in [0.3, 0.4) is 0 Å². The first-order valence-electron chi connectivity index (χ1n) is 3.73. The van der Waals surface area contributed by atoms with E-state index in [1.807, 2.05) is 6.07 Å². The molecule has 0 unspecified atom stereocenters. The van der Waals surface area contributed by atoms with Gasteiger partial charge in [0, 0.05) is 0 Å². The van der Waals surface area contributed by atoms with Gasteiger partial charge in [-0.05, 0) is 12.1 Å². The maximum Gasteiger partial charge on any atom is 0.148 e. The summed E-state index contributed by atoms with van der Waals surface area (Å²) in [7, 11) is 0. The van der Waals surface area contributed by atoms with E-state index in [0.29, 0.717) is 21.6 Å². The predicted molar refractivity (Wildman–Crippen MR) is 54.3 cm³/mol. The Morgan fingerprint density at radius 1 is 1.29 bits per heavy atom. The minimum atomic E-state index is 0.247. The van der Waals surface area contributed by atoms with Crippen LogP contribution in [0.4, 0.5) is 0 Å². The fourth-order valence-electron chi connectivity index (χ4n) is 1.14. The average molecular weight is 224 g/mol. The number of hydrogen-bond donors (Lipinski definition) is 0. The molecule has 0 fully saturated rings. The Kier molecular flexibility index (Phi) is 2.24. The largest absolute Gasteiger partial charge is 0.251 e. The Morgan fingerprint density at radius 2 is 2.07 bits per heavy atom. The number of fused-ring (bicyclic) bond motifs is 1. The smallest absolute Gasteiger partial charge is 0.148 e. The Morgan fingerprint density at radius 3 is 2.79 bits per heavy atom. The molecule has 0 aliphatic heterocycles. The molecule has 0 saturated heterocycles. The zero-order chi connectivity index (χ0) is 10.1. The third-order valence-electron chi connectivity index (χ3n) is 1.75. The van der Waals surface area contributed by atoms with Crippen molar-refractivity contribution in [2.45, 2.75) is 0 Å². The molecule has 0 radical (unpaired) electrons. The second kappa shape index (κ2) is 3.41. The number of halogens is 2. The summed E-state index contributed by atoms with van der Waals surface area (Å²) in [6, 6.07) is 5.28. The first-order valence-corrected chi connectivity index (χ1v) is 4.49. The Bertz CT molecular complexity index is 540. The van der Waals surface area contributed by atoms with Crippen LogP contribution in [0, 0.1) is 11.3 Å². The summed E-state index contributed by atoms with van der Waals surface area (Å²) in [4.78, 5) is 8.03. The van der Waals surface area contributed by atoms with Crippen molar-refractivity contribution in [3.05, 3.63) is 34.1 Å². The van der Waals surface area contributed by atoms with Crippen LogP contribution in [0.2, 0.25) is 10.2 Å². The summed E-state index contributed by atoms with van der Waals surface area (Å²) in [5.74, 6) is 0. The van der Waals surface area contributed by atoms with E-state index in [2.05, 4.69) is 9.97 Å². The molecule has 1 aromatic heterocycles. The van der Waals surface area contributed by atoms with Crippen molar-refractivity contribution >= 4 is 34.2 Å². The van der Waals surface area contributed by atoms with Gasteiger partial charge < -0.3 is 0 Å². The number of aromatic nitrogens is 2. The monoisotopic (exact) mass is 223 g/mol. The van der Waals surface area contributed by atoms with E-state index in [4.69, 9.17) is 28.5 Å². The highest BCUT2D eigenvalue weighted by molar-refractivity contribution is 6.33. The lowest BCUT2D eigenvalue weighted by molar-refractivity contribution is 1.28. The molecule has 0 atom stereocenters. The highest BCUT2D eigenvalue weighted by Gasteiger charge is 2.07. The predicted octanol–water partition coefficient (Wildman–Crippen LogP) is 2.81. The fraction of sp³-hybridized carbons (Fsp3) is 0. The number of rotatable bonds is 0. The highest BCUT2D eigenvalue weighted by Crippen LogP contribution is 2.23. The summed E-state index contributed by atoms with van der Waals surface area (Å²) >= 11 is 11.5. The molecule has 0 aliphatic rings. The van der Waals surface area contributed by atoms with E-state index in [1.165, 1.54) is 6.20 Å². The lowest BCUT2D eigenvalue weighted by atomic mass is 10.2. The first kappa shape index (κ1) is 9.20. The van der Waals surface area contributed by atoms with Gasteiger partial charge in [0.05, 0.1) is 22.3 Å². The van der Waals surface area contributed by atoms with E-state index in [0.717, 1.165) is 0 Å².